The number of benzene rings is 2. The van der Waals surface area contributed by atoms with Crippen LogP contribution in [0.1, 0.15) is 17.5 Å². The summed E-state index contributed by atoms with van der Waals surface area (Å²) in [6.07, 6.45) is -1.15. The molecule has 0 bridgehead atoms. The Morgan fingerprint density at radius 2 is 1.74 bits per heavy atom. The van der Waals surface area contributed by atoms with Crippen LogP contribution in [0.15, 0.2) is 57.7 Å². The van der Waals surface area contributed by atoms with Gasteiger partial charge < -0.3 is 14.5 Å². The molecule has 0 saturated carbocycles. The lowest BCUT2D eigenvalue weighted by atomic mass is 10.2. The van der Waals surface area contributed by atoms with E-state index in [9.17, 15) is 14.4 Å². The topological polar surface area (TPSA) is 85.6 Å². The number of hydrogen-bond acceptors (Lipinski definition) is 5. The van der Waals surface area contributed by atoms with E-state index in [2.05, 4.69) is 5.32 Å². The number of carbonyl (C=O) groups excluding carboxylic acids is 2. The van der Waals surface area contributed by atoms with Gasteiger partial charge in [0.1, 0.15) is 5.58 Å². The van der Waals surface area contributed by atoms with Gasteiger partial charge in [0.15, 0.2) is 11.5 Å². The first-order valence-corrected chi connectivity index (χ1v) is 8.60. The van der Waals surface area contributed by atoms with Gasteiger partial charge in [0, 0.05) is 21.8 Å². The summed E-state index contributed by atoms with van der Waals surface area (Å²) >= 11 is 11.8. The standard InChI is InChI=1S/C19H13Cl2NO5/c1-10(18(24)22-13-7-11(20)6-12(21)8-13)26-19(25)17-9-15(23)14-4-2-3-5-16(14)27-17/h2-10H,1H3,(H,22,24). The van der Waals surface area contributed by atoms with Crippen LogP contribution in [-0.2, 0) is 9.53 Å². The van der Waals surface area contributed by atoms with Crippen molar-refractivity contribution < 1.29 is 18.7 Å². The maximum atomic E-state index is 12.2. The van der Waals surface area contributed by atoms with E-state index >= 15 is 0 Å². The highest BCUT2D eigenvalue weighted by Crippen LogP contribution is 2.22. The number of hydrogen-bond donors (Lipinski definition) is 1. The average Bonchev–Trinajstić information content (AvgIpc) is 2.60. The molecule has 0 fully saturated rings. The van der Waals surface area contributed by atoms with Crippen molar-refractivity contribution in [3.63, 3.8) is 0 Å². The summed E-state index contributed by atoms with van der Waals surface area (Å²) in [7, 11) is 0. The monoisotopic (exact) mass is 405 g/mol. The molecule has 1 amide bonds. The Hall–Kier alpha value is -2.83. The lowest BCUT2D eigenvalue weighted by Crippen LogP contribution is -2.30. The van der Waals surface area contributed by atoms with Crippen LogP contribution in [-0.4, -0.2) is 18.0 Å². The third-order valence-electron chi connectivity index (χ3n) is 3.62. The third kappa shape index (κ3) is 4.48. The molecule has 1 atom stereocenters. The second-order valence-corrected chi connectivity index (χ2v) is 6.54. The maximum absolute atomic E-state index is 12.2. The van der Waals surface area contributed by atoms with E-state index in [1.165, 1.54) is 25.1 Å². The molecular weight excluding hydrogens is 393 g/mol. The van der Waals surface area contributed by atoms with Crippen LogP contribution in [0.3, 0.4) is 0 Å². The van der Waals surface area contributed by atoms with Gasteiger partial charge in [-0.3, -0.25) is 9.59 Å². The highest BCUT2D eigenvalue weighted by molar-refractivity contribution is 6.35. The molecule has 6 nitrogen and oxygen atoms in total. The number of carbonyl (C=O) groups is 2. The lowest BCUT2D eigenvalue weighted by Gasteiger charge is -2.13. The van der Waals surface area contributed by atoms with Crippen molar-refractivity contribution in [2.24, 2.45) is 0 Å². The number of anilines is 1. The molecule has 1 unspecified atom stereocenters. The van der Waals surface area contributed by atoms with Gasteiger partial charge in [-0.2, -0.15) is 0 Å². The van der Waals surface area contributed by atoms with Gasteiger partial charge in [-0.05, 0) is 37.3 Å². The molecule has 8 heteroatoms. The van der Waals surface area contributed by atoms with Crippen LogP contribution in [0.25, 0.3) is 11.0 Å². The summed E-state index contributed by atoms with van der Waals surface area (Å²) in [5, 5.41) is 3.58. The van der Waals surface area contributed by atoms with Crippen molar-refractivity contribution in [3.05, 3.63) is 74.6 Å². The fourth-order valence-corrected chi connectivity index (χ4v) is 2.87. The van der Waals surface area contributed by atoms with Crippen molar-refractivity contribution >= 4 is 51.7 Å². The number of rotatable bonds is 4. The van der Waals surface area contributed by atoms with Crippen LogP contribution >= 0.6 is 23.2 Å². The number of para-hydroxylation sites is 1. The van der Waals surface area contributed by atoms with Gasteiger partial charge in [-0.1, -0.05) is 35.3 Å². The van der Waals surface area contributed by atoms with E-state index in [-0.39, 0.29) is 16.8 Å². The number of esters is 1. The third-order valence-corrected chi connectivity index (χ3v) is 4.06. The fourth-order valence-electron chi connectivity index (χ4n) is 2.35. The molecule has 1 N–H and O–H groups in total. The molecule has 3 rings (SSSR count). The number of nitrogens with one attached hydrogen (secondary N) is 1. The molecule has 0 saturated heterocycles. The Balaban J connectivity index is 1.73. The quantitative estimate of drug-likeness (QED) is 0.654. The largest absolute Gasteiger partial charge is 0.449 e. The predicted molar refractivity (Wildman–Crippen MR) is 102 cm³/mol. The molecule has 27 heavy (non-hydrogen) atoms. The highest BCUT2D eigenvalue weighted by atomic mass is 35.5. The lowest BCUT2D eigenvalue weighted by molar-refractivity contribution is -0.123. The summed E-state index contributed by atoms with van der Waals surface area (Å²) in [6.45, 7) is 1.39. The molecule has 0 radical (unpaired) electrons. The van der Waals surface area contributed by atoms with E-state index in [0.29, 0.717) is 21.1 Å². The molecule has 0 spiro atoms. The summed E-state index contributed by atoms with van der Waals surface area (Å²) in [5.41, 5.74) is 0.231. The first-order chi connectivity index (χ1) is 12.8. The number of fused-ring (bicyclic) bond motifs is 1. The van der Waals surface area contributed by atoms with Crippen molar-refractivity contribution in [2.45, 2.75) is 13.0 Å². The van der Waals surface area contributed by atoms with Crippen LogP contribution in [0.4, 0.5) is 5.69 Å². The summed E-state index contributed by atoms with van der Waals surface area (Å²) < 4.78 is 10.5. The first kappa shape index (κ1) is 18.9. The van der Waals surface area contributed by atoms with Gasteiger partial charge in [0.25, 0.3) is 5.91 Å². The average molecular weight is 406 g/mol. The summed E-state index contributed by atoms with van der Waals surface area (Å²) in [6, 6.07) is 12.1. The van der Waals surface area contributed by atoms with E-state index in [4.69, 9.17) is 32.4 Å². The minimum atomic E-state index is -1.15. The fraction of sp³-hybridized carbons (Fsp3) is 0.105. The molecule has 138 valence electrons. The Morgan fingerprint density at radius 3 is 2.44 bits per heavy atom. The SMILES string of the molecule is CC(OC(=O)c1cc(=O)c2ccccc2o1)C(=O)Nc1cc(Cl)cc(Cl)c1. The van der Waals surface area contributed by atoms with E-state index in [1.807, 2.05) is 0 Å². The number of ether oxygens (including phenoxy) is 1. The Labute approximate surface area is 163 Å². The van der Waals surface area contributed by atoms with Crippen LogP contribution in [0.5, 0.6) is 0 Å². The predicted octanol–water partition coefficient (Wildman–Crippen LogP) is 4.28. The molecule has 0 aliphatic rings. The van der Waals surface area contributed by atoms with Crippen molar-refractivity contribution in [3.8, 4) is 0 Å². The van der Waals surface area contributed by atoms with Gasteiger partial charge in [0.2, 0.25) is 5.76 Å². The van der Waals surface area contributed by atoms with Gasteiger partial charge in [-0.15, -0.1) is 0 Å². The highest BCUT2D eigenvalue weighted by Gasteiger charge is 2.21. The van der Waals surface area contributed by atoms with Crippen LogP contribution in [0, 0.1) is 0 Å². The van der Waals surface area contributed by atoms with Crippen molar-refractivity contribution in [1.82, 2.24) is 0 Å². The minimum absolute atomic E-state index is 0.252. The van der Waals surface area contributed by atoms with E-state index < -0.39 is 18.0 Å². The smallest absolute Gasteiger partial charge is 0.375 e. The van der Waals surface area contributed by atoms with E-state index in [0.717, 1.165) is 6.07 Å². The number of halogens is 2. The van der Waals surface area contributed by atoms with Gasteiger partial charge in [-0.25, -0.2) is 4.79 Å². The molecule has 1 aromatic heterocycles. The second kappa shape index (κ2) is 7.82. The normalized spacial score (nSPS) is 11.8. The zero-order chi connectivity index (χ0) is 19.6. The van der Waals surface area contributed by atoms with E-state index in [1.54, 1.807) is 24.3 Å². The minimum Gasteiger partial charge on any atom is -0.449 e. The maximum Gasteiger partial charge on any atom is 0.375 e. The van der Waals surface area contributed by atoms with Crippen LogP contribution < -0.4 is 10.7 Å². The summed E-state index contributed by atoms with van der Waals surface area (Å²) in [4.78, 5) is 36.5. The van der Waals surface area contributed by atoms with Gasteiger partial charge >= 0.3 is 5.97 Å². The molecule has 1 heterocycles. The second-order valence-electron chi connectivity index (χ2n) is 5.67. The Kier molecular flexibility index (Phi) is 5.48. The summed E-state index contributed by atoms with van der Waals surface area (Å²) in [5.74, 6) is -1.81. The zero-order valence-electron chi connectivity index (χ0n) is 14.0. The van der Waals surface area contributed by atoms with Crippen molar-refractivity contribution in [2.75, 3.05) is 5.32 Å². The Bertz CT molecular complexity index is 1070. The first-order valence-electron chi connectivity index (χ1n) is 7.84. The molecule has 2 aromatic carbocycles. The molecule has 0 aliphatic heterocycles. The molecule has 0 aliphatic carbocycles. The number of amides is 1. The molecular formula is C19H13Cl2NO5. The zero-order valence-corrected chi connectivity index (χ0v) is 15.5. The van der Waals surface area contributed by atoms with Gasteiger partial charge in [0.05, 0.1) is 5.39 Å². The Morgan fingerprint density at radius 1 is 1.07 bits per heavy atom. The van der Waals surface area contributed by atoms with Crippen LogP contribution in [0.2, 0.25) is 10.0 Å². The van der Waals surface area contributed by atoms with Crippen molar-refractivity contribution in [1.29, 1.82) is 0 Å². The molecule has 3 aromatic rings.